The SMILES string of the molecule is O=C(CNc1ccc(F)c(C(=O)Nc2ccccc2)c1)N/N=C/c1ccncc1. The number of nitrogens with zero attached hydrogens (tertiary/aromatic N) is 2. The first-order chi connectivity index (χ1) is 14.1. The number of halogens is 1. The lowest BCUT2D eigenvalue weighted by molar-refractivity contribution is -0.119. The van der Waals surface area contributed by atoms with E-state index >= 15 is 0 Å². The first kappa shape index (κ1) is 19.7. The van der Waals surface area contributed by atoms with Gasteiger partial charge in [-0.1, -0.05) is 18.2 Å². The molecule has 7 nitrogen and oxygen atoms in total. The van der Waals surface area contributed by atoms with E-state index < -0.39 is 17.6 Å². The number of aromatic nitrogens is 1. The molecular weight excluding hydrogens is 373 g/mol. The van der Waals surface area contributed by atoms with Gasteiger partial charge in [-0.15, -0.1) is 0 Å². The van der Waals surface area contributed by atoms with Crippen LogP contribution in [0.1, 0.15) is 15.9 Å². The number of para-hydroxylation sites is 1. The number of hydrogen-bond donors (Lipinski definition) is 3. The van der Waals surface area contributed by atoms with Crippen molar-refractivity contribution in [1.82, 2.24) is 10.4 Å². The Morgan fingerprint density at radius 2 is 1.76 bits per heavy atom. The molecule has 146 valence electrons. The Hall–Kier alpha value is -4.07. The Labute approximate surface area is 166 Å². The number of anilines is 2. The summed E-state index contributed by atoms with van der Waals surface area (Å²) in [6.45, 7) is -0.0982. The molecule has 2 aromatic carbocycles. The lowest BCUT2D eigenvalue weighted by Gasteiger charge is -2.09. The van der Waals surface area contributed by atoms with E-state index in [9.17, 15) is 14.0 Å². The number of carbonyl (C=O) groups is 2. The molecule has 1 aromatic heterocycles. The van der Waals surface area contributed by atoms with E-state index in [2.05, 4.69) is 26.1 Å². The molecule has 0 bridgehead atoms. The predicted molar refractivity (Wildman–Crippen MR) is 109 cm³/mol. The summed E-state index contributed by atoms with van der Waals surface area (Å²) < 4.78 is 14.1. The van der Waals surface area contributed by atoms with Crippen LogP contribution in [0.15, 0.2) is 78.2 Å². The molecule has 0 saturated heterocycles. The van der Waals surface area contributed by atoms with E-state index in [1.807, 2.05) is 6.07 Å². The maximum atomic E-state index is 14.1. The molecule has 0 unspecified atom stereocenters. The van der Waals surface area contributed by atoms with Gasteiger partial charge in [0.15, 0.2) is 0 Å². The van der Waals surface area contributed by atoms with E-state index in [1.54, 1.807) is 48.8 Å². The van der Waals surface area contributed by atoms with Crippen LogP contribution < -0.4 is 16.1 Å². The highest BCUT2D eigenvalue weighted by Crippen LogP contribution is 2.17. The first-order valence-corrected chi connectivity index (χ1v) is 8.73. The van der Waals surface area contributed by atoms with Gasteiger partial charge < -0.3 is 10.6 Å². The quantitative estimate of drug-likeness (QED) is 0.426. The molecule has 0 radical (unpaired) electrons. The second kappa shape index (κ2) is 9.75. The highest BCUT2D eigenvalue weighted by Gasteiger charge is 2.13. The number of rotatable bonds is 7. The van der Waals surface area contributed by atoms with Crippen LogP contribution in [0.3, 0.4) is 0 Å². The molecule has 0 aliphatic heterocycles. The van der Waals surface area contributed by atoms with Gasteiger partial charge in [-0.25, -0.2) is 9.82 Å². The topological polar surface area (TPSA) is 95.5 Å². The highest BCUT2D eigenvalue weighted by atomic mass is 19.1. The van der Waals surface area contributed by atoms with Gasteiger partial charge in [-0.05, 0) is 48.0 Å². The predicted octanol–water partition coefficient (Wildman–Crippen LogP) is 3.04. The lowest BCUT2D eigenvalue weighted by Crippen LogP contribution is -2.26. The van der Waals surface area contributed by atoms with Gasteiger partial charge in [0.2, 0.25) is 0 Å². The van der Waals surface area contributed by atoms with Crippen LogP contribution in [-0.4, -0.2) is 29.6 Å². The van der Waals surface area contributed by atoms with Crippen LogP contribution >= 0.6 is 0 Å². The van der Waals surface area contributed by atoms with Gasteiger partial charge >= 0.3 is 0 Å². The summed E-state index contributed by atoms with van der Waals surface area (Å²) in [5, 5.41) is 9.31. The summed E-state index contributed by atoms with van der Waals surface area (Å²) >= 11 is 0. The van der Waals surface area contributed by atoms with Crippen LogP contribution in [-0.2, 0) is 4.79 Å². The average molecular weight is 391 g/mol. The van der Waals surface area contributed by atoms with Crippen molar-refractivity contribution in [2.24, 2.45) is 5.10 Å². The van der Waals surface area contributed by atoms with Crippen molar-refractivity contribution in [3.8, 4) is 0 Å². The molecule has 0 spiro atoms. The molecule has 0 atom stereocenters. The summed E-state index contributed by atoms with van der Waals surface area (Å²) in [5.74, 6) is -1.63. The molecule has 3 aromatic rings. The van der Waals surface area contributed by atoms with Crippen LogP contribution in [0.25, 0.3) is 0 Å². The normalized spacial score (nSPS) is 10.5. The molecular formula is C21H18FN5O2. The van der Waals surface area contributed by atoms with Gasteiger partial charge in [0.25, 0.3) is 11.8 Å². The zero-order chi connectivity index (χ0) is 20.5. The Morgan fingerprint density at radius 1 is 1.00 bits per heavy atom. The summed E-state index contributed by atoms with van der Waals surface area (Å²) in [7, 11) is 0. The molecule has 8 heteroatoms. The standard InChI is InChI=1S/C21H18FN5O2/c22-19-7-6-17(12-18(19)21(29)26-16-4-2-1-3-5-16)24-14-20(28)27-25-13-15-8-10-23-11-9-15/h1-13,24H,14H2,(H,26,29)(H,27,28)/b25-13+. The fourth-order valence-corrected chi connectivity index (χ4v) is 2.38. The smallest absolute Gasteiger partial charge is 0.259 e. The maximum absolute atomic E-state index is 14.1. The van der Waals surface area contributed by atoms with Crippen molar-refractivity contribution >= 4 is 29.4 Å². The zero-order valence-corrected chi connectivity index (χ0v) is 15.3. The van der Waals surface area contributed by atoms with Crippen LogP contribution in [0.2, 0.25) is 0 Å². The summed E-state index contributed by atoms with van der Waals surface area (Å²) in [6.07, 6.45) is 4.72. The maximum Gasteiger partial charge on any atom is 0.259 e. The zero-order valence-electron chi connectivity index (χ0n) is 15.3. The van der Waals surface area contributed by atoms with Gasteiger partial charge in [-0.3, -0.25) is 14.6 Å². The van der Waals surface area contributed by atoms with Crippen molar-refractivity contribution in [3.63, 3.8) is 0 Å². The van der Waals surface area contributed by atoms with Gasteiger partial charge in [0, 0.05) is 23.8 Å². The largest absolute Gasteiger partial charge is 0.376 e. The number of hydrazone groups is 1. The van der Waals surface area contributed by atoms with Crippen molar-refractivity contribution in [2.75, 3.05) is 17.2 Å². The molecule has 0 aliphatic rings. The number of nitrogens with one attached hydrogen (secondary N) is 3. The van der Waals surface area contributed by atoms with E-state index in [1.165, 1.54) is 24.4 Å². The Balaban J connectivity index is 1.56. The first-order valence-electron chi connectivity index (χ1n) is 8.73. The van der Waals surface area contributed by atoms with Crippen molar-refractivity contribution in [2.45, 2.75) is 0 Å². The van der Waals surface area contributed by atoms with Crippen molar-refractivity contribution < 1.29 is 14.0 Å². The molecule has 29 heavy (non-hydrogen) atoms. The number of amides is 2. The van der Waals surface area contributed by atoms with E-state index in [-0.39, 0.29) is 12.1 Å². The van der Waals surface area contributed by atoms with E-state index in [4.69, 9.17) is 0 Å². The minimum absolute atomic E-state index is 0.0982. The van der Waals surface area contributed by atoms with Gasteiger partial charge in [0.1, 0.15) is 5.82 Å². The molecule has 2 amide bonds. The van der Waals surface area contributed by atoms with E-state index in [0.717, 1.165) is 5.56 Å². The second-order valence-electron chi connectivity index (χ2n) is 5.94. The molecule has 3 rings (SSSR count). The van der Waals surface area contributed by atoms with Crippen LogP contribution in [0.5, 0.6) is 0 Å². The summed E-state index contributed by atoms with van der Waals surface area (Å²) in [6, 6.07) is 16.2. The van der Waals surface area contributed by atoms with Gasteiger partial charge in [0.05, 0.1) is 18.3 Å². The summed E-state index contributed by atoms with van der Waals surface area (Å²) in [4.78, 5) is 28.1. The van der Waals surface area contributed by atoms with Crippen molar-refractivity contribution in [1.29, 1.82) is 0 Å². The Morgan fingerprint density at radius 3 is 2.52 bits per heavy atom. The number of benzene rings is 2. The summed E-state index contributed by atoms with van der Waals surface area (Å²) in [5.41, 5.74) is 4.03. The third kappa shape index (κ3) is 5.96. The number of hydrogen-bond acceptors (Lipinski definition) is 5. The second-order valence-corrected chi connectivity index (χ2v) is 5.94. The van der Waals surface area contributed by atoms with Crippen molar-refractivity contribution in [3.05, 3.63) is 90.0 Å². The number of carbonyl (C=O) groups excluding carboxylic acids is 2. The third-order valence-electron chi connectivity index (χ3n) is 3.80. The molecule has 3 N–H and O–H groups in total. The average Bonchev–Trinajstić information content (AvgIpc) is 2.74. The van der Waals surface area contributed by atoms with E-state index in [0.29, 0.717) is 11.4 Å². The molecule has 0 saturated carbocycles. The minimum Gasteiger partial charge on any atom is -0.376 e. The molecule has 0 aliphatic carbocycles. The lowest BCUT2D eigenvalue weighted by atomic mass is 10.1. The Bertz CT molecular complexity index is 1010. The van der Waals surface area contributed by atoms with Gasteiger partial charge in [-0.2, -0.15) is 5.10 Å². The monoisotopic (exact) mass is 391 g/mol. The minimum atomic E-state index is -0.657. The Kier molecular flexibility index (Phi) is 6.62. The fourth-order valence-electron chi connectivity index (χ4n) is 2.38. The fraction of sp³-hybridized carbons (Fsp3) is 0.0476. The third-order valence-corrected chi connectivity index (χ3v) is 3.80. The van der Waals surface area contributed by atoms with Crippen LogP contribution in [0, 0.1) is 5.82 Å². The molecule has 1 heterocycles. The molecule has 0 fully saturated rings. The highest BCUT2D eigenvalue weighted by molar-refractivity contribution is 6.05. The number of pyridine rings is 1. The van der Waals surface area contributed by atoms with Crippen LogP contribution in [0.4, 0.5) is 15.8 Å².